The summed E-state index contributed by atoms with van der Waals surface area (Å²) in [4.78, 5) is 34.8. The topological polar surface area (TPSA) is 95.4 Å². The normalized spacial score (nSPS) is 22.4. The van der Waals surface area contributed by atoms with Crippen molar-refractivity contribution in [1.82, 2.24) is 15.3 Å². The van der Waals surface area contributed by atoms with Crippen LogP contribution in [0.15, 0.2) is 48.8 Å². The lowest BCUT2D eigenvalue weighted by Gasteiger charge is -2.32. The van der Waals surface area contributed by atoms with Crippen molar-refractivity contribution in [2.75, 3.05) is 11.4 Å². The molecule has 0 bridgehead atoms. The molecular formula is C28H23ClF6N4O3. The second kappa shape index (κ2) is 11.2. The highest BCUT2D eigenvalue weighted by atomic mass is 35.5. The highest BCUT2D eigenvalue weighted by molar-refractivity contribution is 6.30. The summed E-state index contributed by atoms with van der Waals surface area (Å²) in [5, 5.41) is 14.3. The lowest BCUT2D eigenvalue weighted by Crippen LogP contribution is -2.45. The first-order chi connectivity index (χ1) is 19.8. The molecule has 1 atom stereocenters. The summed E-state index contributed by atoms with van der Waals surface area (Å²) in [5.74, 6) is -2.63. The third kappa shape index (κ3) is 5.54. The van der Waals surface area contributed by atoms with Crippen LogP contribution in [-0.4, -0.2) is 39.5 Å². The Bertz CT molecular complexity index is 1510. The fraction of sp³-hybridized carbons (Fsp3) is 0.357. The van der Waals surface area contributed by atoms with Crippen molar-refractivity contribution in [3.63, 3.8) is 0 Å². The lowest BCUT2D eigenvalue weighted by atomic mass is 9.85. The maximum absolute atomic E-state index is 13.6. The highest BCUT2D eigenvalue weighted by Gasteiger charge is 2.53. The molecule has 1 saturated carbocycles. The van der Waals surface area contributed by atoms with E-state index in [-0.39, 0.29) is 40.0 Å². The van der Waals surface area contributed by atoms with E-state index >= 15 is 0 Å². The average molecular weight is 613 g/mol. The molecule has 0 spiro atoms. The van der Waals surface area contributed by atoms with Gasteiger partial charge in [-0.25, -0.2) is 13.2 Å². The molecular weight excluding hydrogens is 590 g/mol. The van der Waals surface area contributed by atoms with Gasteiger partial charge in [-0.1, -0.05) is 17.7 Å². The van der Waals surface area contributed by atoms with Crippen molar-refractivity contribution in [3.8, 4) is 0 Å². The van der Waals surface area contributed by atoms with Gasteiger partial charge in [0, 0.05) is 24.3 Å². The molecule has 2 amide bonds. The number of aromatic nitrogens is 2. The van der Waals surface area contributed by atoms with Gasteiger partial charge in [-0.2, -0.15) is 13.2 Å². The fourth-order valence-electron chi connectivity index (χ4n) is 5.49. The Morgan fingerprint density at radius 2 is 1.81 bits per heavy atom. The van der Waals surface area contributed by atoms with E-state index in [4.69, 9.17) is 11.6 Å². The predicted octanol–water partition coefficient (Wildman–Crippen LogP) is 5.80. The highest BCUT2D eigenvalue weighted by Crippen LogP contribution is 2.47. The Morgan fingerprint density at radius 3 is 2.43 bits per heavy atom. The number of pyridine rings is 2. The Balaban J connectivity index is 1.33. The summed E-state index contributed by atoms with van der Waals surface area (Å²) in [5.41, 5.74) is -4.95. The molecule has 1 aliphatic carbocycles. The van der Waals surface area contributed by atoms with Gasteiger partial charge in [-0.05, 0) is 61.9 Å². The molecule has 1 aromatic carbocycles. The zero-order chi connectivity index (χ0) is 30.4. The summed E-state index contributed by atoms with van der Waals surface area (Å²) in [6.45, 7) is -0.0366. The Morgan fingerprint density at radius 1 is 1.10 bits per heavy atom. The molecule has 0 saturated heterocycles. The summed E-state index contributed by atoms with van der Waals surface area (Å²) >= 11 is 5.84. The number of halogens is 7. The van der Waals surface area contributed by atoms with Crippen LogP contribution in [0.2, 0.25) is 5.02 Å². The number of hydrogen-bond acceptors (Lipinski definition) is 5. The van der Waals surface area contributed by atoms with Gasteiger partial charge in [0.1, 0.15) is 11.5 Å². The molecule has 1 unspecified atom stereocenters. The zero-order valence-electron chi connectivity index (χ0n) is 21.6. The molecule has 1 fully saturated rings. The van der Waals surface area contributed by atoms with Crippen LogP contribution in [0, 0.1) is 11.7 Å². The maximum atomic E-state index is 13.6. The Hall–Kier alpha value is -3.71. The van der Waals surface area contributed by atoms with Gasteiger partial charge in [-0.3, -0.25) is 19.6 Å². The predicted molar refractivity (Wildman–Crippen MR) is 138 cm³/mol. The van der Waals surface area contributed by atoms with Crippen LogP contribution in [0.25, 0.3) is 0 Å². The lowest BCUT2D eigenvalue weighted by molar-refractivity contribution is -0.137. The van der Waals surface area contributed by atoms with Crippen molar-refractivity contribution < 1.29 is 41.0 Å². The van der Waals surface area contributed by atoms with E-state index in [0.717, 1.165) is 53.7 Å². The van der Waals surface area contributed by atoms with E-state index in [1.54, 1.807) is 0 Å². The van der Waals surface area contributed by atoms with Crippen LogP contribution < -0.4 is 10.2 Å². The standard InChI is InChI=1S/C28H23ClF6N4O3/c29-16-10-19(23(24(31)32)37-11-16)25(40)38-18-5-1-14(2-6-18)13-39-21-9-15(28(33,34)35)3-7-20(21)27(42,26(39)41)22-8-4-17(30)12-36-22/h3-4,7-12,14,18,24,42H,1-2,5-6,13H2,(H,38,40). The maximum Gasteiger partial charge on any atom is 0.416 e. The van der Waals surface area contributed by atoms with Crippen molar-refractivity contribution in [2.24, 2.45) is 5.92 Å². The molecule has 2 aromatic heterocycles. The number of amides is 2. The van der Waals surface area contributed by atoms with Crippen LogP contribution in [-0.2, 0) is 16.6 Å². The third-order valence-electron chi connectivity index (χ3n) is 7.62. The number of alkyl halides is 5. The minimum absolute atomic E-state index is 0.0216. The number of carbonyl (C=O) groups excluding carboxylic acids is 2. The number of fused-ring (bicyclic) bond motifs is 1. The first-order valence-electron chi connectivity index (χ1n) is 12.9. The number of rotatable bonds is 6. The molecule has 7 nitrogen and oxygen atoms in total. The first kappa shape index (κ1) is 29.8. The van der Waals surface area contributed by atoms with E-state index < -0.39 is 53.1 Å². The van der Waals surface area contributed by atoms with Crippen molar-refractivity contribution in [3.05, 3.63) is 87.7 Å². The van der Waals surface area contributed by atoms with Crippen molar-refractivity contribution in [1.29, 1.82) is 0 Å². The average Bonchev–Trinajstić information content (AvgIpc) is 3.15. The molecule has 2 N–H and O–H groups in total. The fourth-order valence-corrected chi connectivity index (χ4v) is 5.65. The molecule has 14 heteroatoms. The molecule has 3 heterocycles. The molecule has 3 aromatic rings. The van der Waals surface area contributed by atoms with Crippen LogP contribution in [0.1, 0.15) is 65.0 Å². The van der Waals surface area contributed by atoms with Crippen LogP contribution >= 0.6 is 11.6 Å². The quantitative estimate of drug-likeness (QED) is 0.343. The number of carbonyl (C=O) groups is 2. The van der Waals surface area contributed by atoms with Gasteiger partial charge in [0.2, 0.25) is 5.60 Å². The molecule has 1 aliphatic heterocycles. The van der Waals surface area contributed by atoms with E-state index in [0.29, 0.717) is 25.7 Å². The minimum atomic E-state index is -4.71. The van der Waals surface area contributed by atoms with Gasteiger partial charge in [0.25, 0.3) is 18.2 Å². The van der Waals surface area contributed by atoms with E-state index in [9.17, 15) is 41.0 Å². The van der Waals surface area contributed by atoms with E-state index in [1.807, 2.05) is 0 Å². The largest absolute Gasteiger partial charge is 0.416 e. The number of nitrogens with zero attached hydrogens (tertiary/aromatic N) is 3. The number of anilines is 1. The van der Waals surface area contributed by atoms with Gasteiger partial charge in [0.15, 0.2) is 0 Å². The SMILES string of the molecule is O=C(NC1CCC(CN2C(=O)C(O)(c3ccc(F)cn3)c3ccc(C(F)(F)F)cc32)CC1)c1cc(Cl)cnc1C(F)F. The molecule has 5 rings (SSSR count). The molecule has 2 aliphatic rings. The zero-order valence-corrected chi connectivity index (χ0v) is 22.4. The van der Waals surface area contributed by atoms with Gasteiger partial charge in [0.05, 0.1) is 33.7 Å². The molecule has 0 radical (unpaired) electrons. The molecule has 42 heavy (non-hydrogen) atoms. The summed E-state index contributed by atoms with van der Waals surface area (Å²) in [6.07, 6.45) is -4.21. The first-order valence-corrected chi connectivity index (χ1v) is 13.3. The summed E-state index contributed by atoms with van der Waals surface area (Å²) < 4.78 is 80.8. The third-order valence-corrected chi connectivity index (χ3v) is 7.82. The van der Waals surface area contributed by atoms with Crippen LogP contribution in [0.4, 0.5) is 32.0 Å². The minimum Gasteiger partial charge on any atom is -0.370 e. The van der Waals surface area contributed by atoms with Crippen LogP contribution in [0.5, 0.6) is 0 Å². The van der Waals surface area contributed by atoms with Crippen molar-refractivity contribution >= 4 is 29.1 Å². The number of hydrogen-bond donors (Lipinski definition) is 2. The van der Waals surface area contributed by atoms with Crippen LogP contribution in [0.3, 0.4) is 0 Å². The monoisotopic (exact) mass is 612 g/mol. The van der Waals surface area contributed by atoms with Gasteiger partial charge >= 0.3 is 6.18 Å². The number of nitrogens with one attached hydrogen (secondary N) is 1. The van der Waals surface area contributed by atoms with Gasteiger partial charge in [-0.15, -0.1) is 0 Å². The Kier molecular flexibility index (Phi) is 7.92. The summed E-state index contributed by atoms with van der Waals surface area (Å²) in [6, 6.07) is 5.37. The Labute approximate surface area is 240 Å². The van der Waals surface area contributed by atoms with Crippen molar-refractivity contribution in [2.45, 2.75) is 49.9 Å². The number of benzene rings is 1. The molecule has 222 valence electrons. The number of aliphatic hydroxyl groups is 1. The second-order valence-electron chi connectivity index (χ2n) is 10.3. The summed E-state index contributed by atoms with van der Waals surface area (Å²) in [7, 11) is 0. The second-order valence-corrected chi connectivity index (χ2v) is 10.7. The van der Waals surface area contributed by atoms with E-state index in [1.165, 1.54) is 0 Å². The van der Waals surface area contributed by atoms with Gasteiger partial charge < -0.3 is 15.3 Å². The smallest absolute Gasteiger partial charge is 0.370 e. The van der Waals surface area contributed by atoms with E-state index in [2.05, 4.69) is 15.3 Å².